The number of carbonyl (C=O) groups is 1. The van der Waals surface area contributed by atoms with Gasteiger partial charge in [-0.2, -0.15) is 5.26 Å². The van der Waals surface area contributed by atoms with Crippen LogP contribution in [0.3, 0.4) is 0 Å². The first-order valence-electron chi connectivity index (χ1n) is 7.21. The molecule has 0 saturated carbocycles. The fourth-order valence-electron chi connectivity index (χ4n) is 3.71. The van der Waals surface area contributed by atoms with Crippen molar-refractivity contribution in [3.8, 4) is 6.07 Å². The summed E-state index contributed by atoms with van der Waals surface area (Å²) in [7, 11) is -3.02. The van der Waals surface area contributed by atoms with Gasteiger partial charge in [0.05, 0.1) is 22.1 Å². The molecule has 2 aliphatic heterocycles. The molecule has 3 rings (SSSR count). The lowest BCUT2D eigenvalue weighted by Gasteiger charge is -2.27. The second-order valence-electron chi connectivity index (χ2n) is 6.05. The van der Waals surface area contributed by atoms with Gasteiger partial charge < -0.3 is 0 Å². The molecule has 2 atom stereocenters. The predicted molar refractivity (Wildman–Crippen MR) is 78.7 cm³/mol. The Bertz CT molecular complexity index is 725. The van der Waals surface area contributed by atoms with Crippen LogP contribution >= 0.6 is 0 Å². The zero-order valence-electron chi connectivity index (χ0n) is 11.9. The number of nitriles is 1. The van der Waals surface area contributed by atoms with Crippen molar-refractivity contribution in [1.82, 2.24) is 0 Å². The van der Waals surface area contributed by atoms with Crippen molar-refractivity contribution in [2.75, 3.05) is 0 Å². The van der Waals surface area contributed by atoms with Crippen molar-refractivity contribution in [2.45, 2.75) is 43.1 Å². The van der Waals surface area contributed by atoms with Gasteiger partial charge in [0.1, 0.15) is 0 Å². The van der Waals surface area contributed by atoms with Gasteiger partial charge in [0, 0.05) is 11.5 Å². The Kier molecular flexibility index (Phi) is 3.37. The van der Waals surface area contributed by atoms with E-state index < -0.39 is 9.84 Å². The van der Waals surface area contributed by atoms with Gasteiger partial charge in [-0.25, -0.2) is 8.42 Å². The number of hydrogen-bond donors (Lipinski definition) is 0. The second kappa shape index (κ2) is 4.96. The Morgan fingerprint density at radius 3 is 2.43 bits per heavy atom. The minimum Gasteiger partial charge on any atom is -0.294 e. The van der Waals surface area contributed by atoms with Gasteiger partial charge in [-0.1, -0.05) is 12.1 Å². The van der Waals surface area contributed by atoms with Gasteiger partial charge in [-0.3, -0.25) is 4.79 Å². The number of rotatable bonds is 2. The van der Waals surface area contributed by atoms with Crippen LogP contribution in [0, 0.1) is 24.2 Å². The van der Waals surface area contributed by atoms with E-state index in [1.165, 1.54) is 0 Å². The molecular weight excluding hydrogens is 286 g/mol. The lowest BCUT2D eigenvalue weighted by atomic mass is 9.86. The molecule has 2 unspecified atom stereocenters. The van der Waals surface area contributed by atoms with Crippen molar-refractivity contribution in [3.63, 3.8) is 0 Å². The molecule has 0 amide bonds. The summed E-state index contributed by atoms with van der Waals surface area (Å²) in [6, 6.07) is 7.30. The number of ketones is 1. The van der Waals surface area contributed by atoms with Crippen molar-refractivity contribution in [1.29, 1.82) is 5.26 Å². The number of nitrogens with zero attached hydrogens (tertiary/aromatic N) is 1. The van der Waals surface area contributed by atoms with Gasteiger partial charge >= 0.3 is 0 Å². The highest BCUT2D eigenvalue weighted by Crippen LogP contribution is 2.42. The normalized spacial score (nSPS) is 29.8. The summed E-state index contributed by atoms with van der Waals surface area (Å²) in [4.78, 5) is 12.8. The van der Waals surface area contributed by atoms with E-state index in [2.05, 4.69) is 6.07 Å². The van der Waals surface area contributed by atoms with Crippen molar-refractivity contribution >= 4 is 15.6 Å². The molecule has 0 radical (unpaired) electrons. The summed E-state index contributed by atoms with van der Waals surface area (Å²) in [5.41, 5.74) is 1.66. The predicted octanol–water partition coefficient (Wildman–Crippen LogP) is 2.41. The maximum Gasteiger partial charge on any atom is 0.167 e. The Balaban J connectivity index is 1.94. The van der Waals surface area contributed by atoms with Crippen LogP contribution in [-0.4, -0.2) is 24.7 Å². The van der Waals surface area contributed by atoms with Gasteiger partial charge in [-0.05, 0) is 44.2 Å². The van der Waals surface area contributed by atoms with Crippen LogP contribution in [0.1, 0.15) is 47.2 Å². The van der Waals surface area contributed by atoms with Crippen LogP contribution in [0.15, 0.2) is 18.2 Å². The molecule has 2 heterocycles. The van der Waals surface area contributed by atoms with E-state index >= 15 is 0 Å². The SMILES string of the molecule is Cc1cccc(C#N)c1C(=O)C1CC2CCC(C1)S2(=O)=O. The lowest BCUT2D eigenvalue weighted by molar-refractivity contribution is 0.0904. The van der Waals surface area contributed by atoms with Crippen LogP contribution in [0.5, 0.6) is 0 Å². The Labute approximate surface area is 124 Å². The number of sulfone groups is 1. The second-order valence-corrected chi connectivity index (χ2v) is 8.56. The van der Waals surface area contributed by atoms with Crippen molar-refractivity contribution in [3.05, 3.63) is 34.9 Å². The van der Waals surface area contributed by atoms with Crippen LogP contribution in [0.25, 0.3) is 0 Å². The number of aryl methyl sites for hydroxylation is 1. The number of fused-ring (bicyclic) bond motifs is 2. The molecule has 4 nitrogen and oxygen atoms in total. The maximum atomic E-state index is 12.8. The number of carbonyl (C=O) groups excluding carboxylic acids is 1. The summed E-state index contributed by atoms with van der Waals surface area (Å²) in [6.07, 6.45) is 2.18. The smallest absolute Gasteiger partial charge is 0.167 e. The molecule has 110 valence electrons. The van der Waals surface area contributed by atoms with Crippen LogP contribution in [0.4, 0.5) is 0 Å². The fourth-order valence-corrected chi connectivity index (χ4v) is 6.19. The van der Waals surface area contributed by atoms with Crippen molar-refractivity contribution < 1.29 is 13.2 Å². The highest BCUT2D eigenvalue weighted by atomic mass is 32.2. The molecule has 1 aromatic rings. The Morgan fingerprint density at radius 2 is 1.86 bits per heavy atom. The standard InChI is InChI=1S/C16H17NO3S/c1-10-3-2-4-11(9-17)15(10)16(18)12-7-13-5-6-14(8-12)21(13,19)20/h2-4,12-14H,5-8H2,1H3. The molecule has 2 bridgehead atoms. The van der Waals surface area contributed by atoms with Crippen LogP contribution in [-0.2, 0) is 9.84 Å². The van der Waals surface area contributed by atoms with Crippen molar-refractivity contribution in [2.24, 2.45) is 5.92 Å². The van der Waals surface area contributed by atoms with Crippen LogP contribution < -0.4 is 0 Å². The first kappa shape index (κ1) is 14.3. The summed E-state index contributed by atoms with van der Waals surface area (Å²) < 4.78 is 24.2. The quantitative estimate of drug-likeness (QED) is 0.786. The van der Waals surface area contributed by atoms with Crippen LogP contribution in [0.2, 0.25) is 0 Å². The van der Waals surface area contributed by atoms with Gasteiger partial charge in [0.2, 0.25) is 0 Å². The molecule has 2 fully saturated rings. The van der Waals surface area contributed by atoms with E-state index in [4.69, 9.17) is 0 Å². The first-order valence-corrected chi connectivity index (χ1v) is 8.82. The minimum atomic E-state index is -3.02. The molecule has 21 heavy (non-hydrogen) atoms. The summed E-state index contributed by atoms with van der Waals surface area (Å²) in [5, 5.41) is 8.47. The Hall–Kier alpha value is -1.67. The minimum absolute atomic E-state index is 0.0588. The summed E-state index contributed by atoms with van der Waals surface area (Å²) in [5.74, 6) is -0.323. The number of benzene rings is 1. The van der Waals surface area contributed by atoms with E-state index in [0.717, 1.165) is 5.56 Å². The molecule has 0 spiro atoms. The molecular formula is C16H17NO3S. The van der Waals surface area contributed by atoms with E-state index in [1.54, 1.807) is 12.1 Å². The highest BCUT2D eigenvalue weighted by Gasteiger charge is 2.48. The van der Waals surface area contributed by atoms with E-state index in [0.29, 0.717) is 36.8 Å². The average molecular weight is 303 g/mol. The largest absolute Gasteiger partial charge is 0.294 e. The third-order valence-electron chi connectivity index (χ3n) is 4.85. The molecule has 0 N–H and O–H groups in total. The molecule has 5 heteroatoms. The van der Waals surface area contributed by atoms with E-state index in [-0.39, 0.29) is 22.2 Å². The highest BCUT2D eigenvalue weighted by molar-refractivity contribution is 7.93. The lowest BCUT2D eigenvalue weighted by Crippen LogP contribution is -2.36. The molecule has 0 aliphatic carbocycles. The topological polar surface area (TPSA) is 75.0 Å². The molecule has 1 aromatic carbocycles. The Morgan fingerprint density at radius 1 is 1.24 bits per heavy atom. The molecule has 2 aliphatic rings. The fraction of sp³-hybridized carbons (Fsp3) is 0.500. The van der Waals surface area contributed by atoms with Gasteiger partial charge in [0.25, 0.3) is 0 Å². The third-order valence-corrected chi connectivity index (χ3v) is 7.56. The third kappa shape index (κ3) is 2.18. The molecule has 2 saturated heterocycles. The number of Topliss-reactive ketones (excluding diaryl/α,β-unsaturated/α-hetero) is 1. The summed E-state index contributed by atoms with van der Waals surface area (Å²) >= 11 is 0. The van der Waals surface area contributed by atoms with Gasteiger partial charge in [-0.15, -0.1) is 0 Å². The average Bonchev–Trinajstić information content (AvgIpc) is 2.66. The summed E-state index contributed by atoms with van der Waals surface area (Å²) in [6.45, 7) is 1.82. The number of hydrogen-bond acceptors (Lipinski definition) is 4. The maximum absolute atomic E-state index is 12.8. The van der Waals surface area contributed by atoms with Gasteiger partial charge in [0.15, 0.2) is 15.6 Å². The van der Waals surface area contributed by atoms with E-state index in [9.17, 15) is 18.5 Å². The molecule has 0 aromatic heterocycles. The van der Waals surface area contributed by atoms with E-state index in [1.807, 2.05) is 13.0 Å². The zero-order chi connectivity index (χ0) is 15.2. The first-order chi connectivity index (χ1) is 9.95. The zero-order valence-corrected chi connectivity index (χ0v) is 12.7. The monoisotopic (exact) mass is 303 g/mol.